The number of fused-ring (bicyclic) bond motifs is 7. The van der Waals surface area contributed by atoms with Crippen molar-refractivity contribution in [1.29, 1.82) is 0 Å². The van der Waals surface area contributed by atoms with E-state index in [4.69, 9.17) is 23.4 Å². The van der Waals surface area contributed by atoms with Gasteiger partial charge in [0.05, 0.1) is 38.1 Å². The molecule has 0 aromatic carbocycles. The standard InChI is InChI=1S/C22H24O8/c1-20-7-14(11-3-4-27-10-11)30-22(20)8-16(29-19(22)25)21(9-17(23)26-2)13-5-12(6-15(20)21)28-18(13)24/h3-4,10,12-16H,5-9H2,1-2H3/t12-,13-,14-,15+,16-,20+,21-,22+/m1/s1. The van der Waals surface area contributed by atoms with Crippen LogP contribution in [0.15, 0.2) is 23.0 Å². The van der Waals surface area contributed by atoms with Gasteiger partial charge in [-0.1, -0.05) is 6.92 Å². The Hall–Kier alpha value is -2.35. The fraction of sp³-hybridized carbons (Fsp3) is 0.682. The normalized spacial score (nSPS) is 48.0. The zero-order chi connectivity index (χ0) is 20.9. The first-order chi connectivity index (χ1) is 14.3. The van der Waals surface area contributed by atoms with E-state index in [2.05, 4.69) is 6.92 Å². The molecule has 2 saturated carbocycles. The zero-order valence-corrected chi connectivity index (χ0v) is 16.9. The predicted molar refractivity (Wildman–Crippen MR) is 97.6 cm³/mol. The maximum atomic E-state index is 13.3. The highest BCUT2D eigenvalue weighted by Crippen LogP contribution is 2.74. The Morgan fingerprint density at radius 2 is 2.07 bits per heavy atom. The van der Waals surface area contributed by atoms with Crippen molar-refractivity contribution in [2.75, 3.05) is 7.11 Å². The van der Waals surface area contributed by atoms with Crippen LogP contribution in [-0.2, 0) is 33.3 Å². The predicted octanol–water partition coefficient (Wildman–Crippen LogP) is 2.32. The van der Waals surface area contributed by atoms with Crippen LogP contribution in [0, 0.1) is 22.7 Å². The van der Waals surface area contributed by atoms with Crippen molar-refractivity contribution in [2.24, 2.45) is 22.7 Å². The maximum Gasteiger partial charge on any atom is 0.339 e. The van der Waals surface area contributed by atoms with Crippen molar-refractivity contribution < 1.29 is 37.7 Å². The van der Waals surface area contributed by atoms with Crippen LogP contribution in [0.1, 0.15) is 50.7 Å². The van der Waals surface area contributed by atoms with E-state index in [1.165, 1.54) is 7.11 Å². The second-order valence-corrected chi connectivity index (χ2v) is 9.71. The SMILES string of the molecule is COC(=O)C[C@@]12[C@@H]3C[C@H](C[C@H]1[C@]1(C)C[C@H](c4ccoc4)O[C@]14C[C@H]2OC4=O)OC3=O. The molecular formula is C22H24O8. The third-order valence-electron chi connectivity index (χ3n) is 8.75. The molecule has 6 rings (SSSR count). The van der Waals surface area contributed by atoms with Crippen molar-refractivity contribution in [3.63, 3.8) is 0 Å². The molecule has 0 unspecified atom stereocenters. The number of rotatable bonds is 3. The van der Waals surface area contributed by atoms with Gasteiger partial charge in [0.25, 0.3) is 0 Å². The molecule has 3 aliphatic heterocycles. The lowest BCUT2D eigenvalue weighted by Gasteiger charge is -2.58. The number of carbonyl (C=O) groups excluding carboxylic acids is 3. The zero-order valence-electron chi connectivity index (χ0n) is 16.9. The molecule has 1 aromatic heterocycles. The first-order valence-corrected chi connectivity index (χ1v) is 10.5. The van der Waals surface area contributed by atoms with Crippen LogP contribution in [-0.4, -0.2) is 42.8 Å². The fourth-order valence-electron chi connectivity index (χ4n) is 7.46. The largest absolute Gasteiger partial charge is 0.472 e. The quantitative estimate of drug-likeness (QED) is 0.547. The van der Waals surface area contributed by atoms with Crippen molar-refractivity contribution in [3.8, 4) is 0 Å². The van der Waals surface area contributed by atoms with E-state index in [-0.39, 0.29) is 36.5 Å². The molecule has 1 aromatic rings. The van der Waals surface area contributed by atoms with Crippen LogP contribution in [0.3, 0.4) is 0 Å². The van der Waals surface area contributed by atoms with Gasteiger partial charge in [-0.25, -0.2) is 4.79 Å². The highest BCUT2D eigenvalue weighted by molar-refractivity contribution is 5.86. The van der Waals surface area contributed by atoms with Crippen LogP contribution >= 0.6 is 0 Å². The van der Waals surface area contributed by atoms with Gasteiger partial charge in [0.2, 0.25) is 0 Å². The summed E-state index contributed by atoms with van der Waals surface area (Å²) in [6.07, 6.45) is 4.21. The summed E-state index contributed by atoms with van der Waals surface area (Å²) in [5.74, 6) is -1.72. The van der Waals surface area contributed by atoms with E-state index < -0.39 is 34.4 Å². The van der Waals surface area contributed by atoms with Gasteiger partial charge in [-0.15, -0.1) is 0 Å². The third-order valence-corrected chi connectivity index (χ3v) is 8.75. The van der Waals surface area contributed by atoms with Crippen LogP contribution in [0.2, 0.25) is 0 Å². The van der Waals surface area contributed by atoms with Gasteiger partial charge in [-0.05, 0) is 31.2 Å². The molecule has 2 aliphatic carbocycles. The molecule has 1 spiro atoms. The Bertz CT molecular complexity index is 939. The summed E-state index contributed by atoms with van der Waals surface area (Å²) in [5.41, 5.74) is -1.67. The van der Waals surface area contributed by atoms with E-state index in [0.717, 1.165) is 5.56 Å². The molecule has 0 N–H and O–H groups in total. The topological polar surface area (TPSA) is 101 Å². The number of furan rings is 1. The average Bonchev–Trinajstić information content (AvgIpc) is 3.46. The number of esters is 3. The highest BCUT2D eigenvalue weighted by atomic mass is 16.6. The third kappa shape index (κ3) is 1.94. The van der Waals surface area contributed by atoms with Crippen molar-refractivity contribution in [3.05, 3.63) is 24.2 Å². The lowest BCUT2D eigenvalue weighted by atomic mass is 9.42. The minimum atomic E-state index is -1.09. The van der Waals surface area contributed by atoms with Crippen LogP contribution in [0.5, 0.6) is 0 Å². The van der Waals surface area contributed by atoms with E-state index >= 15 is 0 Å². The number of hydrogen-bond donors (Lipinski definition) is 0. The Balaban J connectivity index is 1.52. The molecule has 0 amide bonds. The summed E-state index contributed by atoms with van der Waals surface area (Å²) >= 11 is 0. The van der Waals surface area contributed by atoms with Crippen molar-refractivity contribution >= 4 is 17.9 Å². The molecule has 8 heteroatoms. The summed E-state index contributed by atoms with van der Waals surface area (Å²) in [6, 6.07) is 1.85. The number of hydrogen-bond acceptors (Lipinski definition) is 8. The van der Waals surface area contributed by atoms with Gasteiger partial charge in [0, 0.05) is 22.8 Å². The Morgan fingerprint density at radius 3 is 2.80 bits per heavy atom. The van der Waals surface area contributed by atoms with Crippen molar-refractivity contribution in [1.82, 2.24) is 0 Å². The average molecular weight is 416 g/mol. The molecule has 5 fully saturated rings. The van der Waals surface area contributed by atoms with E-state index in [0.29, 0.717) is 25.7 Å². The number of methoxy groups -OCH3 is 1. The Morgan fingerprint density at radius 1 is 1.23 bits per heavy atom. The lowest BCUT2D eigenvalue weighted by molar-refractivity contribution is -0.187. The number of ether oxygens (including phenoxy) is 4. The second-order valence-electron chi connectivity index (χ2n) is 9.71. The molecule has 160 valence electrons. The van der Waals surface area contributed by atoms with Crippen LogP contribution < -0.4 is 0 Å². The number of carbonyl (C=O) groups is 3. The minimum Gasteiger partial charge on any atom is -0.472 e. The van der Waals surface area contributed by atoms with Gasteiger partial charge in [-0.3, -0.25) is 9.59 Å². The van der Waals surface area contributed by atoms with Gasteiger partial charge in [-0.2, -0.15) is 0 Å². The van der Waals surface area contributed by atoms with Gasteiger partial charge in [0.15, 0.2) is 5.60 Å². The van der Waals surface area contributed by atoms with E-state index in [1.807, 2.05) is 6.07 Å². The van der Waals surface area contributed by atoms with Crippen LogP contribution in [0.4, 0.5) is 0 Å². The van der Waals surface area contributed by atoms with Gasteiger partial charge in [0.1, 0.15) is 12.2 Å². The lowest BCUT2D eigenvalue weighted by Crippen LogP contribution is -2.65. The fourth-order valence-corrected chi connectivity index (χ4v) is 7.46. The molecule has 8 atom stereocenters. The highest BCUT2D eigenvalue weighted by Gasteiger charge is 2.81. The Labute approximate surface area is 173 Å². The van der Waals surface area contributed by atoms with E-state index in [1.54, 1.807) is 12.5 Å². The van der Waals surface area contributed by atoms with Crippen LogP contribution in [0.25, 0.3) is 0 Å². The minimum absolute atomic E-state index is 0.0284. The summed E-state index contributed by atoms with van der Waals surface area (Å²) in [5, 5.41) is 0. The monoisotopic (exact) mass is 416 g/mol. The first kappa shape index (κ1) is 18.4. The van der Waals surface area contributed by atoms with Gasteiger partial charge < -0.3 is 23.4 Å². The molecule has 5 aliphatic rings. The molecule has 4 bridgehead atoms. The Kier molecular flexibility index (Phi) is 3.48. The maximum absolute atomic E-state index is 13.3. The first-order valence-electron chi connectivity index (χ1n) is 10.5. The molecule has 3 saturated heterocycles. The second kappa shape index (κ2) is 5.66. The molecular weight excluding hydrogens is 392 g/mol. The van der Waals surface area contributed by atoms with Gasteiger partial charge >= 0.3 is 17.9 Å². The molecule has 8 nitrogen and oxygen atoms in total. The summed E-state index contributed by atoms with van der Waals surface area (Å²) in [4.78, 5) is 38.7. The van der Waals surface area contributed by atoms with Crippen molar-refractivity contribution in [2.45, 2.75) is 62.9 Å². The molecule has 0 radical (unpaired) electrons. The van der Waals surface area contributed by atoms with E-state index in [9.17, 15) is 14.4 Å². The molecule has 30 heavy (non-hydrogen) atoms. The summed E-state index contributed by atoms with van der Waals surface area (Å²) < 4.78 is 28.3. The summed E-state index contributed by atoms with van der Waals surface area (Å²) in [7, 11) is 1.34. The molecule has 4 heterocycles. The smallest absolute Gasteiger partial charge is 0.339 e. The summed E-state index contributed by atoms with van der Waals surface area (Å²) in [6.45, 7) is 2.06.